The van der Waals surface area contributed by atoms with E-state index >= 15 is 0 Å². The predicted octanol–water partition coefficient (Wildman–Crippen LogP) is 11.4. The largest absolute Gasteiger partial charge is 0.285 e. The summed E-state index contributed by atoms with van der Waals surface area (Å²) in [7, 11) is 0. The Balaban J connectivity index is 0.000000398. The van der Waals surface area contributed by atoms with Crippen LogP contribution in [0.25, 0.3) is 0 Å². The van der Waals surface area contributed by atoms with Gasteiger partial charge in [-0.25, -0.2) is 0 Å². The van der Waals surface area contributed by atoms with Crippen LogP contribution < -0.4 is 0 Å². The van der Waals surface area contributed by atoms with Crippen molar-refractivity contribution in [3.05, 3.63) is 106 Å². The standard InChI is InChI=1S/C18H20N2.2C14H20O2.Ni/c1-13-9-5-7-11-17(13)19-15(3)16(4)20-18-12-8-6-10-14(18)2;2*1-13(2,3)9-7-8-10(14(4,5)6)12(16)11(9)15;/h5-12H,1-4H3;2*7-8H,1-6H3;. The van der Waals surface area contributed by atoms with Gasteiger partial charge in [-0.1, -0.05) is 144 Å². The van der Waals surface area contributed by atoms with Crippen molar-refractivity contribution in [2.24, 2.45) is 31.6 Å². The van der Waals surface area contributed by atoms with Crippen LogP contribution in [0.4, 0.5) is 11.4 Å². The summed E-state index contributed by atoms with van der Waals surface area (Å²) in [5, 5.41) is 0. The molecule has 7 heteroatoms. The molecule has 0 fully saturated rings. The Morgan fingerprint density at radius 2 is 0.623 bits per heavy atom. The first-order valence-corrected chi connectivity index (χ1v) is 17.9. The molecule has 0 saturated heterocycles. The number of hydrogen-bond donors (Lipinski definition) is 0. The number of nitrogens with zero attached hydrogens (tertiary/aromatic N) is 2. The summed E-state index contributed by atoms with van der Waals surface area (Å²) in [6, 6.07) is 16.3. The van der Waals surface area contributed by atoms with E-state index in [0.717, 1.165) is 22.8 Å². The predicted molar refractivity (Wildman–Crippen MR) is 218 cm³/mol. The van der Waals surface area contributed by atoms with Gasteiger partial charge in [0.1, 0.15) is 0 Å². The van der Waals surface area contributed by atoms with Crippen molar-refractivity contribution >= 4 is 45.9 Å². The molecule has 0 amide bonds. The van der Waals surface area contributed by atoms with Crippen molar-refractivity contribution in [1.82, 2.24) is 0 Å². The van der Waals surface area contributed by atoms with Crippen molar-refractivity contribution in [3.63, 3.8) is 0 Å². The topological polar surface area (TPSA) is 93.0 Å². The number of hydrogen-bond acceptors (Lipinski definition) is 6. The molecule has 0 radical (unpaired) electrons. The Hall–Kier alpha value is -4.09. The Bertz CT molecular complexity index is 1690. The van der Waals surface area contributed by atoms with Gasteiger partial charge in [0.15, 0.2) is 0 Å². The number of carbonyl (C=O) groups is 4. The number of aryl methyl sites for hydroxylation is 2. The Morgan fingerprint density at radius 3 is 0.811 bits per heavy atom. The molecule has 0 aromatic heterocycles. The number of para-hydroxylation sites is 2. The maximum atomic E-state index is 12.0. The zero-order chi connectivity index (χ0) is 40.0. The maximum absolute atomic E-state index is 12.0. The Morgan fingerprint density at radius 1 is 0.415 bits per heavy atom. The molecule has 288 valence electrons. The van der Waals surface area contributed by atoms with Crippen LogP contribution in [0.1, 0.15) is 108 Å². The average Bonchev–Trinajstić information content (AvgIpc) is 3.00. The van der Waals surface area contributed by atoms with Crippen molar-refractivity contribution in [2.75, 3.05) is 0 Å². The third-order valence-corrected chi connectivity index (χ3v) is 8.79. The number of ketones is 4. The second-order valence-electron chi connectivity index (χ2n) is 17.6. The van der Waals surface area contributed by atoms with E-state index in [9.17, 15) is 19.2 Å². The van der Waals surface area contributed by atoms with Gasteiger partial charge in [0.2, 0.25) is 23.1 Å². The van der Waals surface area contributed by atoms with E-state index in [-0.39, 0.29) is 61.3 Å². The average molecular weight is 764 g/mol. The summed E-state index contributed by atoms with van der Waals surface area (Å²) in [6.45, 7) is 31.5. The van der Waals surface area contributed by atoms with E-state index in [1.54, 1.807) is 24.3 Å². The molecule has 0 spiro atoms. The summed E-state index contributed by atoms with van der Waals surface area (Å²) >= 11 is 0. The summed E-state index contributed by atoms with van der Waals surface area (Å²) in [5.74, 6) is -1.39. The van der Waals surface area contributed by atoms with E-state index < -0.39 is 0 Å². The second kappa shape index (κ2) is 18.3. The molecule has 2 aliphatic rings. The zero-order valence-corrected chi connectivity index (χ0v) is 35.8. The quantitative estimate of drug-likeness (QED) is 0.135. The Kier molecular flexibility index (Phi) is 16.2. The van der Waals surface area contributed by atoms with Crippen LogP contribution in [-0.2, 0) is 35.7 Å². The van der Waals surface area contributed by atoms with Crippen LogP contribution in [0.3, 0.4) is 0 Å². The number of benzene rings is 2. The van der Waals surface area contributed by atoms with Crippen molar-refractivity contribution in [3.8, 4) is 0 Å². The molecule has 0 unspecified atom stereocenters. The molecule has 0 bridgehead atoms. The van der Waals surface area contributed by atoms with Gasteiger partial charge in [-0.15, -0.1) is 0 Å². The SMILES string of the molecule is CC(=Nc1ccccc1C)C(C)=Nc1ccccc1C.CC(C)(C)C1=CC=C(C(C)(C)C)C(=O)C1=O.CC(C)(C)C1=CC=C(C(C)(C)C)C(=O)C1=O.[Ni]. The molecular weight excluding hydrogens is 703 g/mol. The molecule has 6 nitrogen and oxygen atoms in total. The molecule has 0 heterocycles. The normalized spacial score (nSPS) is 15.8. The fourth-order valence-corrected chi connectivity index (χ4v) is 5.39. The van der Waals surface area contributed by atoms with Gasteiger partial charge in [0.25, 0.3) is 0 Å². The molecule has 2 aliphatic carbocycles. The van der Waals surface area contributed by atoms with Crippen LogP contribution in [0.5, 0.6) is 0 Å². The fraction of sp³-hybridized carbons (Fsp3) is 0.435. The molecule has 2 aromatic rings. The number of carbonyl (C=O) groups excluding carboxylic acids is 4. The molecule has 4 rings (SSSR count). The van der Waals surface area contributed by atoms with Crippen LogP contribution in [0.2, 0.25) is 0 Å². The van der Waals surface area contributed by atoms with Gasteiger partial charge in [-0.3, -0.25) is 29.2 Å². The summed E-state index contributed by atoms with van der Waals surface area (Å²) < 4.78 is 0. The van der Waals surface area contributed by atoms with Crippen LogP contribution in [-0.4, -0.2) is 34.6 Å². The van der Waals surface area contributed by atoms with Crippen LogP contribution >= 0.6 is 0 Å². The Labute approximate surface area is 329 Å². The van der Waals surface area contributed by atoms with Crippen molar-refractivity contribution in [2.45, 2.75) is 111 Å². The van der Waals surface area contributed by atoms with Gasteiger partial charge >= 0.3 is 0 Å². The number of allylic oxidation sites excluding steroid dienone is 8. The zero-order valence-electron chi connectivity index (χ0n) is 34.8. The monoisotopic (exact) mass is 762 g/mol. The molecule has 2 aromatic carbocycles. The van der Waals surface area contributed by atoms with E-state index in [1.165, 1.54) is 11.1 Å². The van der Waals surface area contributed by atoms with Gasteiger partial charge in [0.05, 0.1) is 22.8 Å². The number of Topliss-reactive ketones (excluding diaryl/α,β-unsaturated/α-hetero) is 4. The second-order valence-corrected chi connectivity index (χ2v) is 17.6. The summed E-state index contributed by atoms with van der Waals surface area (Å²) in [5.41, 5.74) is 7.58. The van der Waals surface area contributed by atoms with Gasteiger partial charge in [0, 0.05) is 38.8 Å². The molecular formula is C46H60N2NiO4. The fourth-order valence-electron chi connectivity index (χ4n) is 5.39. The van der Waals surface area contributed by atoms with Gasteiger partial charge < -0.3 is 0 Å². The van der Waals surface area contributed by atoms with E-state index in [1.807, 2.05) is 133 Å². The summed E-state index contributed by atoms with van der Waals surface area (Å²) in [6.07, 6.45) is 7.18. The minimum Gasteiger partial charge on any atom is -0.285 e. The van der Waals surface area contributed by atoms with Crippen LogP contribution in [0, 0.1) is 35.5 Å². The third kappa shape index (κ3) is 13.1. The molecule has 0 atom stereocenters. The van der Waals surface area contributed by atoms with E-state index in [2.05, 4.69) is 36.0 Å². The van der Waals surface area contributed by atoms with Gasteiger partial charge in [-0.05, 0) is 72.6 Å². The van der Waals surface area contributed by atoms with Crippen LogP contribution in [0.15, 0.2) is 105 Å². The third-order valence-electron chi connectivity index (χ3n) is 8.79. The maximum Gasteiger partial charge on any atom is 0.229 e. The van der Waals surface area contributed by atoms with E-state index in [4.69, 9.17) is 0 Å². The van der Waals surface area contributed by atoms with Crippen molar-refractivity contribution < 1.29 is 35.7 Å². The number of rotatable bonds is 3. The summed E-state index contributed by atoms with van der Waals surface area (Å²) in [4.78, 5) is 57.2. The minimum atomic E-state index is -0.347. The first kappa shape index (κ1) is 46.9. The minimum absolute atomic E-state index is 0. The molecule has 0 N–H and O–H groups in total. The first-order valence-electron chi connectivity index (χ1n) is 17.9. The van der Waals surface area contributed by atoms with E-state index in [0.29, 0.717) is 22.3 Å². The number of aliphatic imine (C=N–C) groups is 2. The first-order chi connectivity index (χ1) is 23.7. The smallest absolute Gasteiger partial charge is 0.229 e. The molecule has 0 saturated carbocycles. The molecule has 0 aliphatic heterocycles. The van der Waals surface area contributed by atoms with Gasteiger partial charge in [-0.2, -0.15) is 0 Å². The van der Waals surface area contributed by atoms with Crippen molar-refractivity contribution in [1.29, 1.82) is 0 Å². The molecule has 53 heavy (non-hydrogen) atoms.